The first kappa shape index (κ1) is 13.0. The largest absolute Gasteiger partial charge is 0.490 e. The summed E-state index contributed by atoms with van der Waals surface area (Å²) in [4.78, 5) is 22.2. The van der Waals surface area contributed by atoms with E-state index in [1.165, 1.54) is 13.0 Å². The van der Waals surface area contributed by atoms with E-state index >= 15 is 0 Å². The van der Waals surface area contributed by atoms with Gasteiger partial charge in [-0.3, -0.25) is 9.59 Å². The van der Waals surface area contributed by atoms with E-state index in [4.69, 9.17) is 10.5 Å². The van der Waals surface area contributed by atoms with Crippen LogP contribution >= 0.6 is 0 Å². The highest BCUT2D eigenvalue weighted by Gasteiger charge is 2.12. The third-order valence-electron chi connectivity index (χ3n) is 1.93. The molecule has 0 aliphatic carbocycles. The molecule has 2 amide bonds. The van der Waals surface area contributed by atoms with E-state index in [2.05, 4.69) is 5.32 Å². The van der Waals surface area contributed by atoms with Crippen molar-refractivity contribution in [3.05, 3.63) is 23.8 Å². The molecule has 92 valence electrons. The topological polar surface area (TPSA) is 81.4 Å². The Morgan fingerprint density at radius 3 is 2.47 bits per heavy atom. The third kappa shape index (κ3) is 3.79. The smallest absolute Gasteiger partial charge is 0.252 e. The molecule has 0 heterocycles. The van der Waals surface area contributed by atoms with Crippen LogP contribution in [0.25, 0.3) is 0 Å². The zero-order valence-corrected chi connectivity index (χ0v) is 10.1. The summed E-state index contributed by atoms with van der Waals surface area (Å²) >= 11 is 0. The zero-order chi connectivity index (χ0) is 13.0. The van der Waals surface area contributed by atoms with Crippen molar-refractivity contribution in [3.8, 4) is 5.75 Å². The normalized spacial score (nSPS) is 10.1. The van der Waals surface area contributed by atoms with E-state index in [0.29, 0.717) is 11.4 Å². The quantitative estimate of drug-likeness (QED) is 0.831. The summed E-state index contributed by atoms with van der Waals surface area (Å²) in [5, 5.41) is 2.58. The molecule has 1 aromatic carbocycles. The van der Waals surface area contributed by atoms with Crippen LogP contribution in [0, 0.1) is 0 Å². The van der Waals surface area contributed by atoms with Crippen LogP contribution in [0.5, 0.6) is 5.75 Å². The maximum absolute atomic E-state index is 11.3. The molecule has 0 aliphatic rings. The average Bonchev–Trinajstić information content (AvgIpc) is 2.18. The van der Waals surface area contributed by atoms with E-state index in [1.54, 1.807) is 12.1 Å². The van der Waals surface area contributed by atoms with Gasteiger partial charge in [-0.25, -0.2) is 0 Å². The minimum Gasteiger partial charge on any atom is -0.490 e. The van der Waals surface area contributed by atoms with Crippen LogP contribution in [0.3, 0.4) is 0 Å². The fourth-order valence-corrected chi connectivity index (χ4v) is 1.36. The second-order valence-electron chi connectivity index (χ2n) is 3.92. The van der Waals surface area contributed by atoms with Gasteiger partial charge in [-0.1, -0.05) is 0 Å². The standard InChI is InChI=1S/C12H16N2O3/c1-7(2)17-11-5-4-9(14-8(3)15)6-10(11)12(13)16/h4-7H,1-3H3,(H2,13,16)(H,14,15). The van der Waals surface area contributed by atoms with Crippen molar-refractivity contribution in [1.29, 1.82) is 0 Å². The van der Waals surface area contributed by atoms with Gasteiger partial charge in [-0.2, -0.15) is 0 Å². The van der Waals surface area contributed by atoms with Gasteiger partial charge in [0, 0.05) is 12.6 Å². The minimum atomic E-state index is -0.590. The van der Waals surface area contributed by atoms with Gasteiger partial charge in [0.1, 0.15) is 5.75 Å². The van der Waals surface area contributed by atoms with Crippen molar-refractivity contribution >= 4 is 17.5 Å². The van der Waals surface area contributed by atoms with Gasteiger partial charge < -0.3 is 15.8 Å². The van der Waals surface area contributed by atoms with Gasteiger partial charge in [0.05, 0.1) is 11.7 Å². The molecule has 0 bridgehead atoms. The summed E-state index contributed by atoms with van der Waals surface area (Å²) in [5.41, 5.74) is 6.03. The zero-order valence-electron chi connectivity index (χ0n) is 10.1. The first-order valence-electron chi connectivity index (χ1n) is 5.28. The SMILES string of the molecule is CC(=O)Nc1ccc(OC(C)C)c(C(N)=O)c1. The number of hydrogen-bond donors (Lipinski definition) is 2. The van der Waals surface area contributed by atoms with Crippen molar-refractivity contribution in [3.63, 3.8) is 0 Å². The minimum absolute atomic E-state index is 0.0558. The lowest BCUT2D eigenvalue weighted by Gasteiger charge is -2.13. The molecule has 0 saturated heterocycles. The van der Waals surface area contributed by atoms with Crippen LogP contribution in [0.15, 0.2) is 18.2 Å². The molecule has 0 spiro atoms. The molecule has 0 radical (unpaired) electrons. The molecular weight excluding hydrogens is 220 g/mol. The molecule has 3 N–H and O–H groups in total. The van der Waals surface area contributed by atoms with Crippen molar-refractivity contribution in [2.75, 3.05) is 5.32 Å². The number of benzene rings is 1. The Labute approximate surface area is 99.9 Å². The number of ether oxygens (including phenoxy) is 1. The van der Waals surface area contributed by atoms with Gasteiger partial charge >= 0.3 is 0 Å². The lowest BCUT2D eigenvalue weighted by molar-refractivity contribution is -0.114. The van der Waals surface area contributed by atoms with Gasteiger partial charge in [0.15, 0.2) is 0 Å². The molecular formula is C12H16N2O3. The summed E-state index contributed by atoms with van der Waals surface area (Å²) in [7, 11) is 0. The van der Waals surface area contributed by atoms with Crippen molar-refractivity contribution in [2.24, 2.45) is 5.73 Å². The summed E-state index contributed by atoms with van der Waals surface area (Å²) in [6, 6.07) is 4.78. The number of anilines is 1. The van der Waals surface area contributed by atoms with Crippen LogP contribution in [-0.2, 0) is 4.79 Å². The number of hydrogen-bond acceptors (Lipinski definition) is 3. The molecule has 5 nitrogen and oxygen atoms in total. The Hall–Kier alpha value is -2.04. The Bertz CT molecular complexity index is 441. The maximum atomic E-state index is 11.3. The highest BCUT2D eigenvalue weighted by molar-refractivity contribution is 5.98. The Morgan fingerprint density at radius 1 is 1.35 bits per heavy atom. The molecule has 17 heavy (non-hydrogen) atoms. The number of carbonyl (C=O) groups excluding carboxylic acids is 2. The first-order chi connectivity index (χ1) is 7.90. The number of primary amides is 1. The molecule has 0 fully saturated rings. The van der Waals surface area contributed by atoms with Crippen LogP contribution < -0.4 is 15.8 Å². The van der Waals surface area contributed by atoms with Gasteiger partial charge in [-0.15, -0.1) is 0 Å². The van der Waals surface area contributed by atoms with Crippen molar-refractivity contribution in [1.82, 2.24) is 0 Å². The number of nitrogens with one attached hydrogen (secondary N) is 1. The second kappa shape index (κ2) is 5.34. The fraction of sp³-hybridized carbons (Fsp3) is 0.333. The molecule has 0 unspecified atom stereocenters. The average molecular weight is 236 g/mol. The van der Waals surface area contributed by atoms with Gasteiger partial charge in [0.2, 0.25) is 5.91 Å². The third-order valence-corrected chi connectivity index (χ3v) is 1.93. The molecule has 0 aromatic heterocycles. The molecule has 0 saturated carbocycles. The van der Waals surface area contributed by atoms with Crippen molar-refractivity contribution < 1.29 is 14.3 Å². The monoisotopic (exact) mass is 236 g/mol. The van der Waals surface area contributed by atoms with E-state index in [0.717, 1.165) is 0 Å². The van der Waals surface area contributed by atoms with E-state index in [9.17, 15) is 9.59 Å². The fourth-order valence-electron chi connectivity index (χ4n) is 1.36. The highest BCUT2D eigenvalue weighted by Crippen LogP contribution is 2.23. The lowest BCUT2D eigenvalue weighted by Crippen LogP contribution is -2.16. The Kier molecular flexibility index (Phi) is 4.09. The van der Waals surface area contributed by atoms with Gasteiger partial charge in [-0.05, 0) is 32.0 Å². The molecule has 0 aliphatic heterocycles. The summed E-state index contributed by atoms with van der Waals surface area (Å²) < 4.78 is 5.45. The number of nitrogens with two attached hydrogens (primary N) is 1. The predicted molar refractivity (Wildman–Crippen MR) is 65.0 cm³/mol. The molecule has 1 rings (SSSR count). The van der Waals surface area contributed by atoms with E-state index in [1.807, 2.05) is 13.8 Å². The Balaban J connectivity index is 3.08. The van der Waals surface area contributed by atoms with Crippen LogP contribution in [0.4, 0.5) is 5.69 Å². The number of carbonyl (C=O) groups is 2. The number of rotatable bonds is 4. The van der Waals surface area contributed by atoms with E-state index < -0.39 is 5.91 Å². The predicted octanol–water partition coefficient (Wildman–Crippen LogP) is 1.53. The van der Waals surface area contributed by atoms with Crippen LogP contribution in [0.2, 0.25) is 0 Å². The molecule has 1 aromatic rings. The van der Waals surface area contributed by atoms with Crippen LogP contribution in [0.1, 0.15) is 31.1 Å². The molecule has 5 heteroatoms. The number of amides is 2. The lowest BCUT2D eigenvalue weighted by atomic mass is 10.1. The highest BCUT2D eigenvalue weighted by atomic mass is 16.5. The van der Waals surface area contributed by atoms with Gasteiger partial charge in [0.25, 0.3) is 5.91 Å². The molecule has 0 atom stereocenters. The second-order valence-corrected chi connectivity index (χ2v) is 3.92. The summed E-state index contributed by atoms with van der Waals surface area (Å²) in [6.45, 7) is 5.10. The summed E-state index contributed by atoms with van der Waals surface area (Å²) in [6.07, 6.45) is -0.0558. The van der Waals surface area contributed by atoms with E-state index in [-0.39, 0.29) is 17.6 Å². The Morgan fingerprint density at radius 2 is 2.00 bits per heavy atom. The summed E-state index contributed by atoms with van der Waals surface area (Å²) in [5.74, 6) is -0.382. The van der Waals surface area contributed by atoms with Crippen molar-refractivity contribution in [2.45, 2.75) is 26.9 Å². The maximum Gasteiger partial charge on any atom is 0.252 e. The van der Waals surface area contributed by atoms with Crippen LogP contribution in [-0.4, -0.2) is 17.9 Å². The first-order valence-corrected chi connectivity index (χ1v) is 5.28.